The molecule has 1 heterocycles. The number of anilines is 1. The van der Waals surface area contributed by atoms with Crippen molar-refractivity contribution in [3.8, 4) is 0 Å². The Labute approximate surface area is 445 Å². The molecule has 22 nitrogen and oxygen atoms in total. The van der Waals surface area contributed by atoms with Crippen LogP contribution < -0.4 is 38.1 Å². The minimum absolute atomic E-state index is 0.0823. The molecule has 0 fully saturated rings. The lowest BCUT2D eigenvalue weighted by atomic mass is 9.76. The first-order valence-corrected chi connectivity index (χ1v) is 25.2. The average molecular weight is 1060 g/mol. The number of primary amides is 1. The highest BCUT2D eigenvalue weighted by Gasteiger charge is 2.46. The summed E-state index contributed by atoms with van der Waals surface area (Å²) in [6, 6.07) is 6.80. The first-order valence-electron chi connectivity index (χ1n) is 25.2. The van der Waals surface area contributed by atoms with Crippen LogP contribution in [0.5, 0.6) is 0 Å². The van der Waals surface area contributed by atoms with Gasteiger partial charge in [-0.15, -0.1) is 0 Å². The Morgan fingerprint density at radius 2 is 1.41 bits per heavy atom. The van der Waals surface area contributed by atoms with Gasteiger partial charge in [-0.25, -0.2) is 14.4 Å². The molecule has 0 radical (unpaired) electrons. The molecule has 1 aromatic heterocycles. The second kappa shape index (κ2) is 27.3. The maximum atomic E-state index is 15.2. The molecule has 0 aliphatic rings. The van der Waals surface area contributed by atoms with E-state index in [2.05, 4.69) is 26.6 Å². The van der Waals surface area contributed by atoms with Crippen LogP contribution in [0.1, 0.15) is 106 Å². The maximum absolute atomic E-state index is 15.2. The number of carbonyl (C=O) groups excluding carboxylic acids is 7. The van der Waals surface area contributed by atoms with Gasteiger partial charge < -0.3 is 62.5 Å². The number of hydrogen-bond donors (Lipinski definition) is 9. The van der Waals surface area contributed by atoms with Gasteiger partial charge in [0, 0.05) is 67.9 Å². The number of carbonyl (C=O) groups is 9. The van der Waals surface area contributed by atoms with Gasteiger partial charge >= 0.3 is 24.1 Å². The number of hydrogen-bond acceptors (Lipinski definition) is 11. The summed E-state index contributed by atoms with van der Waals surface area (Å²) in [5, 5.41) is 32.8. The van der Waals surface area contributed by atoms with Gasteiger partial charge in [0.2, 0.25) is 29.5 Å². The third-order valence-electron chi connectivity index (χ3n) is 13.3. The van der Waals surface area contributed by atoms with Crippen LogP contribution in [0.25, 0.3) is 10.9 Å². The number of aromatic nitrogens is 1. The molecule has 22 heteroatoms. The van der Waals surface area contributed by atoms with Crippen molar-refractivity contribution in [1.82, 2.24) is 35.6 Å². The molecule has 0 aliphatic carbocycles. The number of para-hydroxylation sites is 1. The van der Waals surface area contributed by atoms with E-state index < -0.39 is 107 Å². The smallest absolute Gasteiger partial charge is 0.410 e. The van der Waals surface area contributed by atoms with Crippen LogP contribution in [-0.4, -0.2) is 135 Å². The van der Waals surface area contributed by atoms with Gasteiger partial charge in [-0.2, -0.15) is 0 Å². The van der Waals surface area contributed by atoms with Crippen LogP contribution >= 0.6 is 0 Å². The number of fused-ring (bicyclic) bond motifs is 1. The lowest BCUT2D eigenvalue weighted by Gasteiger charge is -2.42. The Morgan fingerprint density at radius 3 is 1.96 bits per heavy atom. The molecule has 0 spiro atoms. The molecule has 0 aliphatic heterocycles. The van der Waals surface area contributed by atoms with E-state index in [-0.39, 0.29) is 43.4 Å². The number of urea groups is 1. The van der Waals surface area contributed by atoms with Gasteiger partial charge in [0.25, 0.3) is 0 Å². The summed E-state index contributed by atoms with van der Waals surface area (Å²) in [4.78, 5) is 120. The zero-order valence-corrected chi connectivity index (χ0v) is 46.1. The van der Waals surface area contributed by atoms with E-state index in [4.69, 9.17) is 21.3 Å². The zero-order chi connectivity index (χ0) is 57.6. The summed E-state index contributed by atoms with van der Waals surface area (Å²) in [5.41, 5.74) is 11.7. The van der Waals surface area contributed by atoms with Crippen molar-refractivity contribution in [2.24, 2.45) is 35.8 Å². The maximum Gasteiger partial charge on any atom is 0.410 e. The molecular weight excluding hydrogens is 981 g/mol. The molecule has 3 rings (SSSR count). The minimum Gasteiger partial charge on any atom is -0.481 e. The van der Waals surface area contributed by atoms with Gasteiger partial charge in [-0.05, 0) is 72.8 Å². The fourth-order valence-corrected chi connectivity index (χ4v) is 8.71. The lowest BCUT2D eigenvalue weighted by molar-refractivity contribution is -0.142. The SMILES string of the molecule is C/C(=C\[C@H](C(C)C)N(C)C(=O)[C@@H](NC(=O)[C@@H](N(C)C(=O)OCc1ccc(NC(=O)[C@H](CCCNC(N)=O)NC(=O)[C@@H](N)C(C)C)cc1)C(C)(C)c1cn(C)c2ccccc12)C(C)(C)C)C(=O)NC(CCC(=O)O)C(=O)O. The molecular formula is C54H80N10O12. The van der Waals surface area contributed by atoms with Crippen LogP contribution in [0.15, 0.2) is 66.4 Å². The quantitative estimate of drug-likeness (QED) is 0.0400. The summed E-state index contributed by atoms with van der Waals surface area (Å²) in [6.45, 7) is 17.6. The van der Waals surface area contributed by atoms with Crippen LogP contribution in [0.4, 0.5) is 15.3 Å². The fraction of sp³-hybridized carbons (Fsp3) is 0.537. The number of aliphatic carboxylic acids is 2. The van der Waals surface area contributed by atoms with Crippen LogP contribution in [0, 0.1) is 17.3 Å². The number of amides is 8. The van der Waals surface area contributed by atoms with E-state index in [1.54, 1.807) is 58.9 Å². The number of carboxylic acid groups (broad SMARTS) is 2. The predicted octanol–water partition coefficient (Wildman–Crippen LogP) is 4.34. The third kappa shape index (κ3) is 17.3. The lowest BCUT2D eigenvalue weighted by Crippen LogP contribution is -2.63. The second-order valence-electron chi connectivity index (χ2n) is 21.5. The van der Waals surface area contributed by atoms with Gasteiger partial charge in [-0.3, -0.25) is 33.7 Å². The number of nitrogens with two attached hydrogens (primary N) is 2. The molecule has 76 heavy (non-hydrogen) atoms. The van der Waals surface area contributed by atoms with E-state index in [1.165, 1.54) is 36.9 Å². The normalized spacial score (nSPS) is 14.3. The Kier molecular flexibility index (Phi) is 22.6. The second-order valence-corrected chi connectivity index (χ2v) is 21.5. The summed E-state index contributed by atoms with van der Waals surface area (Å²) in [7, 11) is 4.84. The monoisotopic (exact) mass is 1060 g/mol. The topological polar surface area (TPSA) is 327 Å². The molecule has 11 N–H and O–H groups in total. The zero-order valence-electron chi connectivity index (χ0n) is 46.1. The van der Waals surface area contributed by atoms with Gasteiger partial charge in [0.15, 0.2) is 0 Å². The number of benzene rings is 2. The number of aryl methyl sites for hydroxylation is 1. The predicted molar refractivity (Wildman–Crippen MR) is 287 cm³/mol. The van der Waals surface area contributed by atoms with Crippen molar-refractivity contribution in [3.05, 3.63) is 77.5 Å². The van der Waals surface area contributed by atoms with Crippen molar-refractivity contribution in [2.45, 2.75) is 143 Å². The van der Waals surface area contributed by atoms with E-state index in [0.717, 1.165) is 16.5 Å². The van der Waals surface area contributed by atoms with Gasteiger partial charge in [0.1, 0.15) is 30.8 Å². The molecule has 0 saturated carbocycles. The van der Waals surface area contributed by atoms with E-state index in [1.807, 2.05) is 69.8 Å². The summed E-state index contributed by atoms with van der Waals surface area (Å²) < 4.78 is 7.76. The molecule has 2 aromatic carbocycles. The summed E-state index contributed by atoms with van der Waals surface area (Å²) >= 11 is 0. The molecule has 418 valence electrons. The first-order chi connectivity index (χ1) is 35.3. The molecule has 8 amide bonds. The van der Waals surface area contributed by atoms with E-state index >= 15 is 4.79 Å². The Morgan fingerprint density at radius 1 is 0.789 bits per heavy atom. The minimum atomic E-state index is -1.46. The van der Waals surface area contributed by atoms with E-state index in [9.17, 15) is 43.5 Å². The molecule has 3 aromatic rings. The largest absolute Gasteiger partial charge is 0.481 e. The number of nitrogens with one attached hydrogen (secondary N) is 5. The number of ether oxygens (including phenoxy) is 1. The summed E-state index contributed by atoms with van der Waals surface area (Å²) in [5.74, 6) is -6.09. The van der Waals surface area contributed by atoms with Gasteiger partial charge in [-0.1, -0.05) is 98.7 Å². The highest BCUT2D eigenvalue weighted by atomic mass is 16.6. The molecule has 0 saturated heterocycles. The molecule has 0 bridgehead atoms. The van der Waals surface area contributed by atoms with Crippen LogP contribution in [0.2, 0.25) is 0 Å². The van der Waals surface area contributed by atoms with Crippen molar-refractivity contribution >= 4 is 70.2 Å². The fourth-order valence-electron chi connectivity index (χ4n) is 8.71. The number of nitrogens with zero attached hydrogens (tertiary/aromatic N) is 3. The standard InChI is InChI=1S/C54H80N10O12/c1-30(2)40(27-32(5)45(67)60-38(50(72)73)24-25-41(65)66)63(12)49(71)43(53(6,7)8)61-48(70)44(54(9,10)36-28-62(11)39-19-15-14-17-35(36)39)64(13)52(75)76-29-33-20-22-34(23-21-33)58-46(68)37(18-16-26-57-51(56)74)59-47(69)42(55)31(3)4/h14-15,17,19-23,27-28,30-31,37-38,40,42-44H,16,18,24-26,29,55H2,1-13H3,(H,58,68)(H,59,69)(H,60,67)(H,61,70)(H,65,66)(H,72,73)(H3,56,57,74)/b32-27+/t37-,38?,40+,42-,43+,44+/m0/s1. The Balaban J connectivity index is 1.94. The van der Waals surface area contributed by atoms with Crippen molar-refractivity contribution in [1.29, 1.82) is 0 Å². The molecule has 1 unspecified atom stereocenters. The van der Waals surface area contributed by atoms with E-state index in [0.29, 0.717) is 17.7 Å². The first kappa shape index (κ1) is 62.8. The van der Waals surface area contributed by atoms with Crippen molar-refractivity contribution in [2.75, 3.05) is 26.0 Å². The highest BCUT2D eigenvalue weighted by Crippen LogP contribution is 2.37. The Hall–Kier alpha value is -7.49. The average Bonchev–Trinajstić information content (AvgIpc) is 3.69. The van der Waals surface area contributed by atoms with Crippen molar-refractivity contribution in [3.63, 3.8) is 0 Å². The molecule has 6 atom stereocenters. The third-order valence-corrected chi connectivity index (χ3v) is 13.3. The van der Waals surface area contributed by atoms with Crippen LogP contribution in [-0.2, 0) is 57.4 Å². The summed E-state index contributed by atoms with van der Waals surface area (Å²) in [6.07, 6.45) is 2.23. The number of carboxylic acids is 2. The van der Waals surface area contributed by atoms with Crippen molar-refractivity contribution < 1.29 is 58.1 Å². The number of rotatable bonds is 26. The van der Waals surface area contributed by atoms with Crippen LogP contribution in [0.3, 0.4) is 0 Å². The number of likely N-dealkylation sites (N-methyl/N-ethyl adjacent to an activating group) is 2. The van der Waals surface area contributed by atoms with Gasteiger partial charge in [0.05, 0.1) is 12.1 Å². The highest BCUT2D eigenvalue weighted by molar-refractivity contribution is 5.98. The Bertz CT molecular complexity index is 2600.